The van der Waals surface area contributed by atoms with Gasteiger partial charge in [0, 0.05) is 17.5 Å². The fourth-order valence-electron chi connectivity index (χ4n) is 2.09. The van der Waals surface area contributed by atoms with E-state index in [1.807, 2.05) is 0 Å². The Morgan fingerprint density at radius 1 is 1.29 bits per heavy atom. The van der Waals surface area contributed by atoms with Gasteiger partial charge in [-0.25, -0.2) is 9.97 Å². The van der Waals surface area contributed by atoms with Crippen LogP contribution in [0.4, 0.5) is 5.82 Å². The van der Waals surface area contributed by atoms with Crippen molar-refractivity contribution in [1.82, 2.24) is 9.97 Å². The molecule has 2 rings (SSSR count). The van der Waals surface area contributed by atoms with E-state index in [2.05, 4.69) is 66.4 Å². The van der Waals surface area contributed by atoms with Crippen molar-refractivity contribution in [2.45, 2.75) is 40.5 Å². The normalized spacial score (nSPS) is 11.1. The lowest BCUT2D eigenvalue weighted by Gasteiger charge is -2.14. The molecule has 0 aliphatic carbocycles. The van der Waals surface area contributed by atoms with Crippen molar-refractivity contribution in [2.75, 3.05) is 11.9 Å². The zero-order valence-electron chi connectivity index (χ0n) is 13.0. The van der Waals surface area contributed by atoms with Crippen LogP contribution in [-0.2, 0) is 6.42 Å². The summed E-state index contributed by atoms with van der Waals surface area (Å²) in [7, 11) is 0. The maximum atomic E-state index is 4.83. The number of anilines is 1. The summed E-state index contributed by atoms with van der Waals surface area (Å²) in [6.45, 7) is 9.68. The van der Waals surface area contributed by atoms with Gasteiger partial charge in [-0.2, -0.15) is 11.3 Å². The van der Waals surface area contributed by atoms with Gasteiger partial charge in [-0.1, -0.05) is 20.8 Å². The van der Waals surface area contributed by atoms with Gasteiger partial charge in [0.25, 0.3) is 0 Å². The second-order valence-electron chi connectivity index (χ2n) is 5.65. The number of rotatable bonds is 6. The number of thiophene rings is 1. The standard InChI is InChI=1S/C16H22IN3S/c1-5-6-18-16-14(17)13(7-10(2)3)19-15(20-16)12-9-21-8-11(12)4/h8-10H,5-7H2,1-4H3,(H,18,19,20). The zero-order valence-corrected chi connectivity index (χ0v) is 16.0. The van der Waals surface area contributed by atoms with Crippen LogP contribution < -0.4 is 5.32 Å². The van der Waals surface area contributed by atoms with Crippen LogP contribution in [0.1, 0.15) is 38.4 Å². The molecule has 1 N–H and O–H groups in total. The number of aromatic nitrogens is 2. The summed E-state index contributed by atoms with van der Waals surface area (Å²) in [6, 6.07) is 0. The largest absolute Gasteiger partial charge is 0.369 e. The van der Waals surface area contributed by atoms with E-state index in [0.717, 1.165) is 45.9 Å². The summed E-state index contributed by atoms with van der Waals surface area (Å²) in [5, 5.41) is 7.73. The molecule has 0 saturated carbocycles. The number of aryl methyl sites for hydroxylation is 1. The quantitative estimate of drug-likeness (QED) is 0.664. The van der Waals surface area contributed by atoms with Gasteiger partial charge in [0.05, 0.1) is 9.26 Å². The molecular formula is C16H22IN3S. The summed E-state index contributed by atoms with van der Waals surface area (Å²) in [6.07, 6.45) is 2.07. The third kappa shape index (κ3) is 4.16. The van der Waals surface area contributed by atoms with Crippen LogP contribution in [0.5, 0.6) is 0 Å². The first-order valence-corrected chi connectivity index (χ1v) is 9.38. The first kappa shape index (κ1) is 16.7. The van der Waals surface area contributed by atoms with Crippen molar-refractivity contribution in [2.24, 2.45) is 5.92 Å². The Morgan fingerprint density at radius 3 is 2.62 bits per heavy atom. The fourth-order valence-corrected chi connectivity index (χ4v) is 3.56. The SMILES string of the molecule is CCCNc1nc(-c2cscc2C)nc(CC(C)C)c1I. The topological polar surface area (TPSA) is 37.8 Å². The molecule has 21 heavy (non-hydrogen) atoms. The van der Waals surface area contributed by atoms with E-state index in [1.165, 1.54) is 5.56 Å². The minimum Gasteiger partial charge on any atom is -0.369 e. The van der Waals surface area contributed by atoms with Crippen LogP contribution in [0.15, 0.2) is 10.8 Å². The average Bonchev–Trinajstić information content (AvgIpc) is 2.85. The molecule has 2 aromatic heterocycles. The van der Waals surface area contributed by atoms with Gasteiger partial charge >= 0.3 is 0 Å². The van der Waals surface area contributed by atoms with Crippen LogP contribution in [0.3, 0.4) is 0 Å². The second-order valence-corrected chi connectivity index (χ2v) is 7.47. The molecular weight excluding hydrogens is 393 g/mol. The lowest BCUT2D eigenvalue weighted by Crippen LogP contribution is -2.10. The lowest BCUT2D eigenvalue weighted by atomic mass is 10.1. The van der Waals surface area contributed by atoms with E-state index in [9.17, 15) is 0 Å². The van der Waals surface area contributed by atoms with E-state index >= 15 is 0 Å². The maximum absolute atomic E-state index is 4.83. The zero-order chi connectivity index (χ0) is 15.4. The number of hydrogen-bond acceptors (Lipinski definition) is 4. The molecule has 0 aromatic carbocycles. The summed E-state index contributed by atoms with van der Waals surface area (Å²) < 4.78 is 1.16. The Morgan fingerprint density at radius 2 is 2.05 bits per heavy atom. The van der Waals surface area contributed by atoms with Gasteiger partial charge < -0.3 is 5.32 Å². The highest BCUT2D eigenvalue weighted by Crippen LogP contribution is 2.29. The molecule has 0 bridgehead atoms. The van der Waals surface area contributed by atoms with E-state index in [-0.39, 0.29) is 0 Å². The van der Waals surface area contributed by atoms with Crippen LogP contribution in [0, 0.1) is 16.4 Å². The summed E-state index contributed by atoms with van der Waals surface area (Å²) in [5.41, 5.74) is 3.55. The highest BCUT2D eigenvalue weighted by molar-refractivity contribution is 14.1. The Labute approximate surface area is 144 Å². The Balaban J connectivity index is 2.47. The second kappa shape index (κ2) is 7.54. The summed E-state index contributed by atoms with van der Waals surface area (Å²) in [4.78, 5) is 9.59. The highest BCUT2D eigenvalue weighted by Gasteiger charge is 2.15. The third-order valence-electron chi connectivity index (χ3n) is 3.16. The third-order valence-corrected chi connectivity index (χ3v) is 5.16. The number of nitrogens with one attached hydrogen (secondary N) is 1. The van der Waals surface area contributed by atoms with Crippen molar-refractivity contribution in [1.29, 1.82) is 0 Å². The molecule has 2 heterocycles. The Bertz CT molecular complexity index is 608. The van der Waals surface area contributed by atoms with Crippen LogP contribution >= 0.6 is 33.9 Å². The number of hydrogen-bond donors (Lipinski definition) is 1. The minimum absolute atomic E-state index is 0.587. The van der Waals surface area contributed by atoms with E-state index in [0.29, 0.717) is 5.92 Å². The van der Waals surface area contributed by atoms with Crippen LogP contribution in [-0.4, -0.2) is 16.5 Å². The molecule has 0 radical (unpaired) electrons. The van der Waals surface area contributed by atoms with Gasteiger partial charge in [-0.15, -0.1) is 0 Å². The van der Waals surface area contributed by atoms with Gasteiger partial charge in [-0.05, 0) is 59.2 Å². The number of halogens is 1. The van der Waals surface area contributed by atoms with E-state index < -0.39 is 0 Å². The van der Waals surface area contributed by atoms with Crippen LogP contribution in [0.2, 0.25) is 0 Å². The molecule has 0 amide bonds. The summed E-state index contributed by atoms with van der Waals surface area (Å²) in [5.74, 6) is 2.41. The van der Waals surface area contributed by atoms with Gasteiger partial charge in [0.2, 0.25) is 0 Å². The maximum Gasteiger partial charge on any atom is 0.162 e. The number of nitrogens with zero attached hydrogens (tertiary/aromatic N) is 2. The lowest BCUT2D eigenvalue weighted by molar-refractivity contribution is 0.632. The Hall–Kier alpha value is -0.690. The minimum atomic E-state index is 0.587. The van der Waals surface area contributed by atoms with Crippen molar-refractivity contribution in [3.8, 4) is 11.4 Å². The molecule has 3 nitrogen and oxygen atoms in total. The molecule has 2 aromatic rings. The van der Waals surface area contributed by atoms with Gasteiger partial charge in [0.1, 0.15) is 5.82 Å². The first-order chi connectivity index (χ1) is 10.0. The first-order valence-electron chi connectivity index (χ1n) is 7.36. The monoisotopic (exact) mass is 415 g/mol. The van der Waals surface area contributed by atoms with E-state index in [1.54, 1.807) is 11.3 Å². The van der Waals surface area contributed by atoms with E-state index in [4.69, 9.17) is 9.97 Å². The Kier molecular flexibility index (Phi) is 5.98. The molecule has 0 aliphatic heterocycles. The van der Waals surface area contributed by atoms with Crippen molar-refractivity contribution in [3.63, 3.8) is 0 Å². The predicted octanol–water partition coefficient (Wildman–Crippen LogP) is 5.14. The van der Waals surface area contributed by atoms with Gasteiger partial charge in [-0.3, -0.25) is 0 Å². The molecule has 5 heteroatoms. The molecule has 0 aliphatic rings. The molecule has 0 spiro atoms. The smallest absolute Gasteiger partial charge is 0.162 e. The predicted molar refractivity (Wildman–Crippen MR) is 100 cm³/mol. The average molecular weight is 415 g/mol. The van der Waals surface area contributed by atoms with Crippen molar-refractivity contribution >= 4 is 39.7 Å². The molecule has 114 valence electrons. The van der Waals surface area contributed by atoms with Gasteiger partial charge in [0.15, 0.2) is 5.82 Å². The summed E-state index contributed by atoms with van der Waals surface area (Å²) >= 11 is 4.08. The fraction of sp³-hybridized carbons (Fsp3) is 0.500. The van der Waals surface area contributed by atoms with Crippen molar-refractivity contribution < 1.29 is 0 Å². The molecule has 0 atom stereocenters. The van der Waals surface area contributed by atoms with Crippen molar-refractivity contribution in [3.05, 3.63) is 25.6 Å². The molecule has 0 unspecified atom stereocenters. The molecule has 0 saturated heterocycles. The highest BCUT2D eigenvalue weighted by atomic mass is 127. The molecule has 0 fully saturated rings. The van der Waals surface area contributed by atoms with Crippen LogP contribution in [0.25, 0.3) is 11.4 Å².